The van der Waals surface area contributed by atoms with Crippen LogP contribution in [0.3, 0.4) is 0 Å². The van der Waals surface area contributed by atoms with E-state index in [0.717, 1.165) is 18.6 Å². The molecule has 3 saturated heterocycles. The first kappa shape index (κ1) is 55.4. The highest BCUT2D eigenvalue weighted by Gasteiger charge is 2.58. The Balaban J connectivity index is 1.85. The molecule has 65 heavy (non-hydrogen) atoms. The van der Waals surface area contributed by atoms with Crippen molar-refractivity contribution in [2.75, 3.05) is 33.8 Å². The van der Waals surface area contributed by atoms with Crippen LogP contribution in [0.2, 0.25) is 0 Å². The average Bonchev–Trinajstić information content (AvgIpc) is 3.24. The molecule has 0 radical (unpaired) electrons. The summed E-state index contributed by atoms with van der Waals surface area (Å²) in [5.74, 6) is -2.89. The van der Waals surface area contributed by atoms with Gasteiger partial charge in [0.2, 0.25) is 0 Å². The van der Waals surface area contributed by atoms with Gasteiger partial charge in [0.1, 0.15) is 34.8 Å². The number of hydrogen-bond acceptors (Lipinski definition) is 15. The Morgan fingerprint density at radius 3 is 2.15 bits per heavy atom. The van der Waals surface area contributed by atoms with Crippen LogP contribution >= 0.6 is 0 Å². The first-order chi connectivity index (χ1) is 30.2. The van der Waals surface area contributed by atoms with Crippen LogP contribution in [0.5, 0.6) is 5.75 Å². The second-order valence-corrected chi connectivity index (χ2v) is 19.7. The lowest BCUT2D eigenvalue weighted by atomic mass is 9.75. The molecule has 18 atom stereocenters. The van der Waals surface area contributed by atoms with Crippen molar-refractivity contribution in [3.8, 4) is 5.75 Å². The molecule has 0 bridgehead atoms. The molecule has 0 spiro atoms. The molecule has 0 saturated carbocycles. The van der Waals surface area contributed by atoms with Crippen molar-refractivity contribution in [3.63, 3.8) is 0 Å². The number of halogens is 3. The molecule has 0 aliphatic carbocycles. The van der Waals surface area contributed by atoms with E-state index in [1.807, 2.05) is 20.8 Å². The van der Waals surface area contributed by atoms with E-state index in [1.165, 1.54) is 26.2 Å². The fourth-order valence-corrected chi connectivity index (χ4v) is 10.0. The van der Waals surface area contributed by atoms with Gasteiger partial charge < -0.3 is 69.5 Å². The lowest BCUT2D eigenvalue weighted by Crippen LogP contribution is -2.70. The standard InChI is InChI=1S/C47H80F3N3O12/c1-14-20-52-25-46(58)31(8)61-36(23-44(46,10)59-13)64-37-28(5)40(65-42-38(34(51-12)21-27(4)60-42)62-33-18-16-32(17-19-33)47(48,49)50)43(9,56)22-26(3)24-53-30(7)39(54)45(11,57)35(15-2)63-41(55)29(37)6/h16-19,26-31,34-40,42,51-54,56-58H,14-15,20-25H2,1-13H3/t26-,27-,28+,29-,30-,31+,34+,35-,36+,37+,38-,39-,40-,42+,43-,44-,45-,46+/m1/s1. The van der Waals surface area contributed by atoms with Crippen LogP contribution in [0.4, 0.5) is 13.2 Å². The van der Waals surface area contributed by atoms with Crippen LogP contribution in [0.15, 0.2) is 24.3 Å². The molecule has 7 N–H and O–H groups in total. The molecule has 0 amide bonds. The molecule has 3 fully saturated rings. The highest BCUT2D eigenvalue weighted by molar-refractivity contribution is 5.73. The fourth-order valence-electron chi connectivity index (χ4n) is 10.0. The first-order valence-corrected chi connectivity index (χ1v) is 23.4. The molecule has 4 rings (SSSR count). The van der Waals surface area contributed by atoms with Crippen molar-refractivity contribution in [1.82, 2.24) is 16.0 Å². The first-order valence-electron chi connectivity index (χ1n) is 23.4. The summed E-state index contributed by atoms with van der Waals surface area (Å²) >= 11 is 0. The molecule has 1 aromatic carbocycles. The smallest absolute Gasteiger partial charge is 0.416 e. The second-order valence-electron chi connectivity index (χ2n) is 19.7. The Hall–Kier alpha value is -2.20. The van der Waals surface area contributed by atoms with Gasteiger partial charge >= 0.3 is 12.1 Å². The quantitative estimate of drug-likeness (QED) is 0.106. The monoisotopic (exact) mass is 936 g/mol. The summed E-state index contributed by atoms with van der Waals surface area (Å²) in [6, 6.07) is 3.26. The van der Waals surface area contributed by atoms with Gasteiger partial charge in [-0.1, -0.05) is 27.7 Å². The Morgan fingerprint density at radius 2 is 1.58 bits per heavy atom. The number of cyclic esters (lactones) is 1. The molecule has 0 unspecified atom stereocenters. The number of likely N-dealkylation sites (N-methyl/N-ethyl adjacent to an activating group) is 1. The molecule has 1 aromatic rings. The maximum absolute atomic E-state index is 14.5. The van der Waals surface area contributed by atoms with E-state index in [1.54, 1.807) is 55.5 Å². The predicted octanol–water partition coefficient (Wildman–Crippen LogP) is 4.69. The van der Waals surface area contributed by atoms with E-state index in [0.29, 0.717) is 19.5 Å². The lowest BCUT2D eigenvalue weighted by Gasteiger charge is -2.53. The van der Waals surface area contributed by atoms with E-state index in [4.69, 9.17) is 33.2 Å². The molecule has 18 heteroatoms. The third-order valence-electron chi connectivity index (χ3n) is 14.2. The van der Waals surface area contributed by atoms with Gasteiger partial charge in [-0.15, -0.1) is 0 Å². The maximum atomic E-state index is 14.5. The van der Waals surface area contributed by atoms with Crippen molar-refractivity contribution in [2.24, 2.45) is 17.8 Å². The van der Waals surface area contributed by atoms with E-state index in [2.05, 4.69) is 16.0 Å². The molecule has 15 nitrogen and oxygen atoms in total. The van der Waals surface area contributed by atoms with Gasteiger partial charge in [-0.3, -0.25) is 4.79 Å². The minimum Gasteiger partial charge on any atom is -0.483 e. The molecular weight excluding hydrogens is 856 g/mol. The number of esters is 1. The molecule has 0 aromatic heterocycles. The van der Waals surface area contributed by atoms with Gasteiger partial charge in [0, 0.05) is 32.0 Å². The summed E-state index contributed by atoms with van der Waals surface area (Å²) in [7, 11) is 3.23. The van der Waals surface area contributed by atoms with Crippen molar-refractivity contribution >= 4 is 5.97 Å². The Kier molecular flexibility index (Phi) is 19.2. The van der Waals surface area contributed by atoms with Crippen molar-refractivity contribution in [3.05, 3.63) is 29.8 Å². The molecular formula is C47H80F3N3O12. The fraction of sp³-hybridized carbons (Fsp3) is 0.851. The zero-order valence-electron chi connectivity index (χ0n) is 40.7. The van der Waals surface area contributed by atoms with Crippen LogP contribution in [0, 0.1) is 17.8 Å². The zero-order valence-corrected chi connectivity index (χ0v) is 40.7. The van der Waals surface area contributed by atoms with Crippen molar-refractivity contribution in [1.29, 1.82) is 0 Å². The number of benzene rings is 1. The van der Waals surface area contributed by atoms with Gasteiger partial charge in [-0.2, -0.15) is 13.2 Å². The molecule has 3 heterocycles. The third-order valence-corrected chi connectivity index (χ3v) is 14.2. The Labute approximate surface area is 384 Å². The molecule has 3 aliphatic rings. The number of hydrogen-bond donors (Lipinski definition) is 7. The van der Waals surface area contributed by atoms with E-state index >= 15 is 0 Å². The molecule has 3 aliphatic heterocycles. The van der Waals surface area contributed by atoms with Crippen LogP contribution in [-0.4, -0.2) is 150 Å². The van der Waals surface area contributed by atoms with Crippen molar-refractivity contribution in [2.45, 2.75) is 204 Å². The average molecular weight is 936 g/mol. The number of carbonyl (C=O) groups is 1. The summed E-state index contributed by atoms with van der Waals surface area (Å²) < 4.78 is 85.9. The number of carbonyl (C=O) groups excluding carboxylic acids is 1. The Bertz CT molecular complexity index is 1640. The third kappa shape index (κ3) is 12.9. The van der Waals surface area contributed by atoms with E-state index in [-0.39, 0.29) is 37.5 Å². The van der Waals surface area contributed by atoms with Gasteiger partial charge in [0.15, 0.2) is 18.7 Å². The number of rotatable bonds is 13. The maximum Gasteiger partial charge on any atom is 0.416 e. The van der Waals surface area contributed by atoms with Crippen LogP contribution in [-0.2, 0) is 39.4 Å². The molecule has 376 valence electrons. The zero-order chi connectivity index (χ0) is 48.9. The number of alkyl halides is 3. The number of ether oxygens (including phenoxy) is 7. The summed E-state index contributed by atoms with van der Waals surface area (Å²) in [5, 5.41) is 58.0. The summed E-state index contributed by atoms with van der Waals surface area (Å²) in [4.78, 5) is 14.5. The van der Waals surface area contributed by atoms with E-state index < -0.39 is 119 Å². The number of aliphatic hydroxyl groups excluding tert-OH is 1. The second kappa shape index (κ2) is 22.5. The minimum atomic E-state index is -4.55. The van der Waals surface area contributed by atoms with Crippen LogP contribution in [0.1, 0.15) is 114 Å². The number of aliphatic hydroxyl groups is 4. The minimum absolute atomic E-state index is 0.0280. The number of nitrogens with one attached hydrogen (secondary N) is 3. The van der Waals surface area contributed by atoms with E-state index in [9.17, 15) is 38.4 Å². The van der Waals surface area contributed by atoms with Crippen molar-refractivity contribution < 1.29 is 71.5 Å². The van der Waals surface area contributed by atoms with Gasteiger partial charge in [-0.25, -0.2) is 0 Å². The van der Waals surface area contributed by atoms with Crippen LogP contribution in [0.25, 0.3) is 0 Å². The predicted molar refractivity (Wildman–Crippen MR) is 237 cm³/mol. The SMILES string of the molecule is CCCNC[C@]1(O)[C@H](C)O[C@@H](O[C@H]2[C@H](C)[C@@H](O[C@@H]3O[C@H](C)C[C@H](NC)[C@H]3Oc3ccc(C(F)(F)F)cc3)[C@](C)(O)C[C@@H](C)CN[C@H](C)[C@@H](O)[C@](C)(O)[C@@H](CC)OC(=O)[C@@H]2C)C[C@@]1(C)OC. The highest BCUT2D eigenvalue weighted by atomic mass is 19.4. The van der Waals surface area contributed by atoms with Gasteiger partial charge in [-0.05, 0) is 124 Å². The number of methoxy groups -OCH3 is 1. The summed E-state index contributed by atoms with van der Waals surface area (Å²) in [6.07, 6.45) is -12.2. The van der Waals surface area contributed by atoms with Crippen LogP contribution < -0.4 is 20.7 Å². The van der Waals surface area contributed by atoms with Gasteiger partial charge in [0.05, 0.1) is 47.5 Å². The largest absolute Gasteiger partial charge is 0.483 e. The normalized spacial score (nSPS) is 43.0. The lowest BCUT2D eigenvalue weighted by molar-refractivity contribution is -0.335. The highest BCUT2D eigenvalue weighted by Crippen LogP contribution is 2.43. The van der Waals surface area contributed by atoms with Gasteiger partial charge in [0.25, 0.3) is 0 Å². The topological polar surface area (TPSA) is 199 Å². The Morgan fingerprint density at radius 1 is 0.938 bits per heavy atom. The summed E-state index contributed by atoms with van der Waals surface area (Å²) in [5.41, 5.74) is -7.11. The summed E-state index contributed by atoms with van der Waals surface area (Å²) in [6.45, 7) is 20.3.